The summed E-state index contributed by atoms with van der Waals surface area (Å²) < 4.78 is 1.74. The molecule has 0 amide bonds. The Kier molecular flexibility index (Phi) is 3.76. The largest absolute Gasteiger partial charge is 0.393 e. The van der Waals surface area contributed by atoms with Gasteiger partial charge in [0, 0.05) is 13.2 Å². The van der Waals surface area contributed by atoms with Crippen LogP contribution in [0.3, 0.4) is 0 Å². The fourth-order valence-electron chi connectivity index (χ4n) is 3.34. The fraction of sp³-hybridized carbons (Fsp3) is 0.857. The van der Waals surface area contributed by atoms with Crippen LogP contribution in [0.2, 0.25) is 0 Å². The number of hydrogen-bond donors (Lipinski definition) is 1. The van der Waals surface area contributed by atoms with Gasteiger partial charge in [-0.25, -0.2) is 0 Å². The first-order chi connectivity index (χ1) is 8.38. The molecule has 1 aliphatic rings. The van der Waals surface area contributed by atoms with Gasteiger partial charge < -0.3 is 5.11 Å². The van der Waals surface area contributed by atoms with Crippen molar-refractivity contribution in [2.45, 2.75) is 52.6 Å². The summed E-state index contributed by atoms with van der Waals surface area (Å²) in [5.41, 5.74) is 1.10. The molecule has 0 aromatic carbocycles. The SMILES string of the molecule is CC1CCC(C(C)(C)Cc2cn(C)nn2)C(O)C1. The Morgan fingerprint density at radius 1 is 1.44 bits per heavy atom. The van der Waals surface area contributed by atoms with Crippen molar-refractivity contribution in [2.24, 2.45) is 24.3 Å². The lowest BCUT2D eigenvalue weighted by Gasteiger charge is -2.41. The standard InChI is InChI=1S/C14H25N3O/c1-10-5-6-12(13(18)7-10)14(2,3)8-11-9-17(4)16-15-11/h9-10,12-13,18H,5-8H2,1-4H3. The van der Waals surface area contributed by atoms with E-state index in [1.54, 1.807) is 4.68 Å². The summed E-state index contributed by atoms with van der Waals surface area (Å²) >= 11 is 0. The van der Waals surface area contributed by atoms with E-state index in [0.29, 0.717) is 11.8 Å². The first-order valence-corrected chi connectivity index (χ1v) is 6.92. The molecule has 0 spiro atoms. The van der Waals surface area contributed by atoms with Gasteiger partial charge in [0.2, 0.25) is 0 Å². The Balaban J connectivity index is 2.05. The quantitative estimate of drug-likeness (QED) is 0.896. The van der Waals surface area contributed by atoms with Crippen molar-refractivity contribution in [1.82, 2.24) is 15.0 Å². The topological polar surface area (TPSA) is 50.9 Å². The van der Waals surface area contributed by atoms with E-state index in [1.807, 2.05) is 13.2 Å². The molecule has 1 N–H and O–H groups in total. The zero-order chi connectivity index (χ0) is 13.3. The van der Waals surface area contributed by atoms with Crippen LogP contribution < -0.4 is 0 Å². The molecule has 0 bridgehead atoms. The van der Waals surface area contributed by atoms with Crippen LogP contribution in [0.5, 0.6) is 0 Å². The molecule has 1 saturated carbocycles. The van der Waals surface area contributed by atoms with Gasteiger partial charge in [0.15, 0.2) is 0 Å². The first-order valence-electron chi connectivity index (χ1n) is 6.92. The molecule has 1 aliphatic carbocycles. The highest BCUT2D eigenvalue weighted by molar-refractivity contribution is 5.00. The molecule has 3 unspecified atom stereocenters. The Bertz CT molecular complexity index is 399. The van der Waals surface area contributed by atoms with Crippen LogP contribution in [0.1, 0.15) is 45.7 Å². The maximum Gasteiger partial charge on any atom is 0.0832 e. The molecule has 0 aliphatic heterocycles. The first kappa shape index (κ1) is 13.5. The zero-order valence-corrected chi connectivity index (χ0v) is 11.9. The van der Waals surface area contributed by atoms with Gasteiger partial charge in [-0.1, -0.05) is 32.4 Å². The molecule has 0 radical (unpaired) electrons. The number of aryl methyl sites for hydroxylation is 1. The number of rotatable bonds is 3. The summed E-state index contributed by atoms with van der Waals surface area (Å²) in [4.78, 5) is 0. The maximum atomic E-state index is 10.3. The summed E-state index contributed by atoms with van der Waals surface area (Å²) in [6.45, 7) is 6.71. The number of aliphatic hydroxyl groups excluding tert-OH is 1. The van der Waals surface area contributed by atoms with Gasteiger partial charge in [-0.15, -0.1) is 5.10 Å². The Morgan fingerprint density at radius 2 is 2.17 bits per heavy atom. The molecule has 3 atom stereocenters. The molecular weight excluding hydrogens is 226 g/mol. The smallest absolute Gasteiger partial charge is 0.0832 e. The van der Waals surface area contributed by atoms with Gasteiger partial charge in [-0.05, 0) is 36.5 Å². The van der Waals surface area contributed by atoms with Crippen LogP contribution in [0.15, 0.2) is 6.20 Å². The molecule has 102 valence electrons. The van der Waals surface area contributed by atoms with Crippen molar-refractivity contribution < 1.29 is 5.11 Å². The third-order valence-electron chi connectivity index (χ3n) is 4.37. The van der Waals surface area contributed by atoms with Gasteiger partial charge in [-0.3, -0.25) is 4.68 Å². The Hall–Kier alpha value is -0.900. The van der Waals surface area contributed by atoms with Crippen molar-refractivity contribution in [3.05, 3.63) is 11.9 Å². The Morgan fingerprint density at radius 3 is 2.72 bits per heavy atom. The Labute approximate surface area is 109 Å². The second-order valence-electron chi connectivity index (χ2n) is 6.64. The van der Waals surface area contributed by atoms with Crippen molar-refractivity contribution >= 4 is 0 Å². The van der Waals surface area contributed by atoms with Crippen molar-refractivity contribution in [3.63, 3.8) is 0 Å². The average Bonchev–Trinajstić information content (AvgIpc) is 2.62. The molecule has 1 aromatic heterocycles. The predicted molar refractivity (Wildman–Crippen MR) is 71.0 cm³/mol. The number of aromatic nitrogens is 3. The summed E-state index contributed by atoms with van der Waals surface area (Å²) in [6.07, 6.45) is 5.98. The van der Waals surface area contributed by atoms with Gasteiger partial charge in [0.1, 0.15) is 0 Å². The zero-order valence-electron chi connectivity index (χ0n) is 11.9. The molecule has 2 rings (SSSR count). The lowest BCUT2D eigenvalue weighted by Crippen LogP contribution is -2.39. The normalized spacial score (nSPS) is 29.5. The summed E-state index contributed by atoms with van der Waals surface area (Å²) in [5.74, 6) is 1.03. The van der Waals surface area contributed by atoms with Crippen LogP contribution in [0.4, 0.5) is 0 Å². The minimum atomic E-state index is -0.166. The maximum absolute atomic E-state index is 10.3. The monoisotopic (exact) mass is 251 g/mol. The van der Waals surface area contributed by atoms with E-state index in [2.05, 4.69) is 31.1 Å². The number of aliphatic hydroxyl groups is 1. The highest BCUT2D eigenvalue weighted by atomic mass is 16.3. The van der Waals surface area contributed by atoms with Gasteiger partial charge in [0.05, 0.1) is 11.8 Å². The van der Waals surface area contributed by atoms with Crippen molar-refractivity contribution in [2.75, 3.05) is 0 Å². The molecule has 4 nitrogen and oxygen atoms in total. The van der Waals surface area contributed by atoms with E-state index in [4.69, 9.17) is 0 Å². The van der Waals surface area contributed by atoms with Crippen LogP contribution in [-0.4, -0.2) is 26.2 Å². The van der Waals surface area contributed by atoms with Crippen LogP contribution in [0.25, 0.3) is 0 Å². The number of hydrogen-bond acceptors (Lipinski definition) is 3. The van der Waals surface area contributed by atoms with E-state index in [1.165, 1.54) is 6.42 Å². The summed E-state index contributed by atoms with van der Waals surface area (Å²) in [6, 6.07) is 0. The van der Waals surface area contributed by atoms with E-state index >= 15 is 0 Å². The van der Waals surface area contributed by atoms with Crippen LogP contribution >= 0.6 is 0 Å². The lowest BCUT2D eigenvalue weighted by molar-refractivity contribution is -0.0128. The lowest BCUT2D eigenvalue weighted by atomic mass is 9.66. The molecule has 18 heavy (non-hydrogen) atoms. The second kappa shape index (κ2) is 5.00. The average molecular weight is 251 g/mol. The van der Waals surface area contributed by atoms with Crippen molar-refractivity contribution in [3.8, 4) is 0 Å². The molecule has 1 heterocycles. The van der Waals surface area contributed by atoms with E-state index in [0.717, 1.165) is 25.0 Å². The van der Waals surface area contributed by atoms with Gasteiger partial charge in [0.25, 0.3) is 0 Å². The van der Waals surface area contributed by atoms with Crippen LogP contribution in [0, 0.1) is 17.3 Å². The molecular formula is C14H25N3O. The molecule has 4 heteroatoms. The van der Waals surface area contributed by atoms with E-state index < -0.39 is 0 Å². The highest BCUT2D eigenvalue weighted by Gasteiger charge is 2.38. The van der Waals surface area contributed by atoms with E-state index in [9.17, 15) is 5.11 Å². The minimum Gasteiger partial charge on any atom is -0.393 e. The molecule has 1 aromatic rings. The van der Waals surface area contributed by atoms with Crippen molar-refractivity contribution in [1.29, 1.82) is 0 Å². The van der Waals surface area contributed by atoms with E-state index in [-0.39, 0.29) is 11.5 Å². The second-order valence-corrected chi connectivity index (χ2v) is 6.64. The summed E-state index contributed by atoms with van der Waals surface area (Å²) in [5, 5.41) is 18.5. The van der Waals surface area contributed by atoms with Gasteiger partial charge in [-0.2, -0.15) is 0 Å². The predicted octanol–water partition coefficient (Wildman–Crippen LogP) is 2.18. The highest BCUT2D eigenvalue weighted by Crippen LogP contribution is 2.41. The third kappa shape index (κ3) is 2.91. The summed E-state index contributed by atoms with van der Waals surface area (Å²) in [7, 11) is 1.89. The molecule has 1 fully saturated rings. The minimum absolute atomic E-state index is 0.0790. The molecule has 0 saturated heterocycles. The fourth-order valence-corrected chi connectivity index (χ4v) is 3.34. The van der Waals surface area contributed by atoms with Crippen LogP contribution in [-0.2, 0) is 13.5 Å². The number of nitrogens with zero attached hydrogens (tertiary/aromatic N) is 3. The third-order valence-corrected chi connectivity index (χ3v) is 4.37. The van der Waals surface area contributed by atoms with Gasteiger partial charge >= 0.3 is 0 Å².